The summed E-state index contributed by atoms with van der Waals surface area (Å²) in [7, 11) is 0. The molecule has 2 unspecified atom stereocenters. The molecule has 112 valence electrons. The van der Waals surface area contributed by atoms with E-state index in [1.165, 1.54) is 0 Å². The van der Waals surface area contributed by atoms with Gasteiger partial charge in [-0.15, -0.1) is 0 Å². The first-order chi connectivity index (χ1) is 10.6. The number of aromatic carboxylic acids is 1. The number of carbonyl (C=O) groups is 1. The zero-order valence-electron chi connectivity index (χ0n) is 12.4. The maximum Gasteiger partial charge on any atom is 0.335 e. The molecule has 5 heteroatoms. The number of hydrogen-bond acceptors (Lipinski definition) is 4. The topological polar surface area (TPSA) is 66.3 Å². The largest absolute Gasteiger partial charge is 0.478 e. The number of hydrogen-bond donors (Lipinski definition) is 1. The summed E-state index contributed by atoms with van der Waals surface area (Å²) in [5.74, 6) is 1.33. The van der Waals surface area contributed by atoms with E-state index in [1.807, 2.05) is 6.92 Å². The van der Waals surface area contributed by atoms with E-state index in [-0.39, 0.29) is 5.56 Å². The lowest BCUT2D eigenvalue weighted by Crippen LogP contribution is -2.28. The Bertz CT molecular complexity index is 800. The van der Waals surface area contributed by atoms with Crippen LogP contribution in [-0.4, -0.2) is 33.6 Å². The van der Waals surface area contributed by atoms with E-state index in [0.29, 0.717) is 12.0 Å². The summed E-state index contributed by atoms with van der Waals surface area (Å²) in [4.78, 5) is 22.6. The van der Waals surface area contributed by atoms with Crippen LogP contribution in [0.2, 0.25) is 0 Å². The lowest BCUT2D eigenvalue weighted by molar-refractivity contribution is 0.0697. The minimum Gasteiger partial charge on any atom is -0.478 e. The molecule has 1 saturated heterocycles. The van der Waals surface area contributed by atoms with E-state index in [1.54, 1.807) is 18.2 Å². The van der Waals surface area contributed by atoms with Crippen LogP contribution in [-0.2, 0) is 0 Å². The van der Waals surface area contributed by atoms with Gasteiger partial charge in [-0.1, -0.05) is 12.2 Å². The van der Waals surface area contributed by atoms with Gasteiger partial charge in [0.15, 0.2) is 0 Å². The van der Waals surface area contributed by atoms with E-state index < -0.39 is 5.97 Å². The minimum atomic E-state index is -0.923. The van der Waals surface area contributed by atoms with Crippen molar-refractivity contribution < 1.29 is 9.90 Å². The predicted molar refractivity (Wildman–Crippen MR) is 84.2 cm³/mol. The highest BCUT2D eigenvalue weighted by atomic mass is 16.4. The van der Waals surface area contributed by atoms with Crippen LogP contribution < -0.4 is 4.90 Å². The monoisotopic (exact) mass is 295 g/mol. The number of anilines is 1. The minimum absolute atomic E-state index is 0.277. The number of rotatable bonds is 2. The zero-order chi connectivity index (χ0) is 15.3. The third-order valence-corrected chi connectivity index (χ3v) is 4.56. The summed E-state index contributed by atoms with van der Waals surface area (Å²) in [6.07, 6.45) is 6.76. The molecule has 1 N–H and O–H groups in total. The van der Waals surface area contributed by atoms with Gasteiger partial charge < -0.3 is 10.0 Å². The number of benzene rings is 1. The van der Waals surface area contributed by atoms with Gasteiger partial charge in [-0.05, 0) is 43.9 Å². The maximum absolute atomic E-state index is 11.3. The van der Waals surface area contributed by atoms with Crippen LogP contribution in [0.3, 0.4) is 0 Å². The van der Waals surface area contributed by atoms with Crippen LogP contribution in [0, 0.1) is 12.8 Å². The van der Waals surface area contributed by atoms with Crippen molar-refractivity contribution in [3.05, 3.63) is 41.7 Å². The van der Waals surface area contributed by atoms with Crippen LogP contribution in [0.4, 0.5) is 5.82 Å². The average molecular weight is 295 g/mol. The molecule has 2 aliphatic rings. The fraction of sp³-hybridized carbons (Fsp3) is 0.353. The first-order valence-corrected chi connectivity index (χ1v) is 7.57. The second-order valence-electron chi connectivity index (χ2n) is 6.12. The van der Waals surface area contributed by atoms with Crippen molar-refractivity contribution in [2.75, 3.05) is 11.4 Å². The maximum atomic E-state index is 11.3. The third-order valence-electron chi connectivity index (χ3n) is 4.56. The van der Waals surface area contributed by atoms with Crippen molar-refractivity contribution in [3.8, 4) is 0 Å². The van der Waals surface area contributed by atoms with Gasteiger partial charge in [-0.3, -0.25) is 0 Å². The summed E-state index contributed by atoms with van der Waals surface area (Å²) in [6.45, 7) is 2.85. The Balaban J connectivity index is 1.90. The molecular weight excluding hydrogens is 278 g/mol. The first-order valence-electron chi connectivity index (χ1n) is 7.57. The molecule has 2 aromatic rings. The van der Waals surface area contributed by atoms with Gasteiger partial charge in [0.1, 0.15) is 11.6 Å². The van der Waals surface area contributed by atoms with Gasteiger partial charge in [0, 0.05) is 18.0 Å². The normalized spacial score (nSPS) is 23.2. The number of carboxylic acids is 1. The smallest absolute Gasteiger partial charge is 0.335 e. The molecule has 22 heavy (non-hydrogen) atoms. The van der Waals surface area contributed by atoms with E-state index in [4.69, 9.17) is 0 Å². The van der Waals surface area contributed by atoms with Crippen molar-refractivity contribution in [1.82, 2.24) is 9.97 Å². The van der Waals surface area contributed by atoms with Gasteiger partial charge in [-0.2, -0.15) is 0 Å². The molecule has 2 heterocycles. The van der Waals surface area contributed by atoms with Crippen molar-refractivity contribution in [3.63, 3.8) is 0 Å². The first kappa shape index (κ1) is 13.2. The summed E-state index contributed by atoms with van der Waals surface area (Å²) >= 11 is 0. The van der Waals surface area contributed by atoms with Gasteiger partial charge in [0.05, 0.1) is 11.1 Å². The molecule has 1 aromatic heterocycles. The van der Waals surface area contributed by atoms with Gasteiger partial charge >= 0.3 is 5.97 Å². The Kier molecular flexibility index (Phi) is 2.89. The Hall–Kier alpha value is -2.43. The van der Waals surface area contributed by atoms with Crippen LogP contribution in [0.1, 0.15) is 29.0 Å². The number of aryl methyl sites for hydroxylation is 1. The molecule has 2 bridgehead atoms. The number of nitrogens with zero attached hydrogens (tertiary/aromatic N) is 3. The molecule has 5 nitrogen and oxygen atoms in total. The molecular formula is C17H17N3O2. The highest BCUT2D eigenvalue weighted by Gasteiger charge is 2.34. The SMILES string of the molecule is Cc1nc(N2CC3CC=CC2C3)c2cc(C(=O)O)ccc2n1. The van der Waals surface area contributed by atoms with Crippen molar-refractivity contribution in [2.45, 2.75) is 25.8 Å². The molecule has 0 radical (unpaired) electrons. The lowest BCUT2D eigenvalue weighted by Gasteiger charge is -2.24. The quantitative estimate of drug-likeness (QED) is 0.863. The van der Waals surface area contributed by atoms with Gasteiger partial charge in [-0.25, -0.2) is 14.8 Å². The lowest BCUT2D eigenvalue weighted by atomic mass is 9.96. The van der Waals surface area contributed by atoms with Crippen molar-refractivity contribution >= 4 is 22.7 Å². The van der Waals surface area contributed by atoms with Crippen LogP contribution in [0.15, 0.2) is 30.4 Å². The predicted octanol–water partition coefficient (Wildman–Crippen LogP) is 2.79. The van der Waals surface area contributed by atoms with E-state index in [9.17, 15) is 9.90 Å². The molecule has 1 fully saturated rings. The molecule has 2 atom stereocenters. The second-order valence-corrected chi connectivity index (χ2v) is 6.12. The van der Waals surface area contributed by atoms with Crippen LogP contribution in [0.25, 0.3) is 10.9 Å². The van der Waals surface area contributed by atoms with Gasteiger partial charge in [0.2, 0.25) is 0 Å². The molecule has 0 amide bonds. The Labute approximate surface area is 128 Å². The zero-order valence-corrected chi connectivity index (χ0v) is 12.4. The number of carboxylic acid groups (broad SMARTS) is 1. The third kappa shape index (κ3) is 2.04. The van der Waals surface area contributed by atoms with Crippen molar-refractivity contribution in [1.29, 1.82) is 0 Å². The Morgan fingerprint density at radius 1 is 1.36 bits per heavy atom. The van der Waals surface area contributed by atoms with Crippen molar-refractivity contribution in [2.24, 2.45) is 5.92 Å². The molecule has 0 saturated carbocycles. The molecule has 1 aromatic carbocycles. The second kappa shape index (κ2) is 4.80. The van der Waals surface area contributed by atoms with Gasteiger partial charge in [0.25, 0.3) is 0 Å². The number of fused-ring (bicyclic) bond motifs is 3. The molecule has 0 spiro atoms. The summed E-state index contributed by atoms with van der Waals surface area (Å²) in [5.41, 5.74) is 1.08. The highest BCUT2D eigenvalue weighted by molar-refractivity contribution is 5.97. The fourth-order valence-electron chi connectivity index (χ4n) is 3.56. The average Bonchev–Trinajstić information content (AvgIpc) is 2.79. The Morgan fingerprint density at radius 3 is 3.00 bits per heavy atom. The summed E-state index contributed by atoms with van der Waals surface area (Å²) in [5, 5.41) is 10.1. The fourth-order valence-corrected chi connectivity index (χ4v) is 3.56. The van der Waals surface area contributed by atoms with E-state index in [2.05, 4.69) is 27.0 Å². The Morgan fingerprint density at radius 2 is 2.23 bits per heavy atom. The van der Waals surface area contributed by atoms with Crippen LogP contribution in [0.5, 0.6) is 0 Å². The van der Waals surface area contributed by atoms with E-state index >= 15 is 0 Å². The molecule has 1 aliphatic heterocycles. The number of allylic oxidation sites excluding steroid dienone is 1. The standard InChI is InChI=1S/C17H17N3O2/c1-10-18-15-6-5-12(17(21)22)8-14(15)16(19-10)20-9-11-3-2-4-13(20)7-11/h2,4-6,8,11,13H,3,7,9H2,1H3,(H,21,22). The van der Waals surface area contributed by atoms with E-state index in [0.717, 1.165) is 41.9 Å². The van der Waals surface area contributed by atoms with Crippen LogP contribution >= 0.6 is 0 Å². The molecule has 4 rings (SSSR count). The molecule has 1 aliphatic carbocycles. The number of aromatic nitrogens is 2. The highest BCUT2D eigenvalue weighted by Crippen LogP contribution is 2.37. The summed E-state index contributed by atoms with van der Waals surface area (Å²) in [6, 6.07) is 5.43. The summed E-state index contributed by atoms with van der Waals surface area (Å²) < 4.78 is 0.